The summed E-state index contributed by atoms with van der Waals surface area (Å²) in [6.45, 7) is 8.86. The lowest BCUT2D eigenvalue weighted by atomic mass is 10.1. The van der Waals surface area contributed by atoms with Gasteiger partial charge in [-0.05, 0) is 49.6 Å². The molecule has 3 atom stereocenters. The average Bonchev–Trinajstić information content (AvgIpc) is 3.46. The van der Waals surface area contributed by atoms with Crippen LogP contribution in [-0.2, 0) is 15.9 Å². The molecule has 1 aliphatic heterocycles. The molecule has 2 aliphatic rings. The van der Waals surface area contributed by atoms with E-state index in [0.717, 1.165) is 79.6 Å². The highest BCUT2D eigenvalue weighted by molar-refractivity contribution is 7.18. The van der Waals surface area contributed by atoms with Crippen molar-refractivity contribution in [3.63, 3.8) is 0 Å². The van der Waals surface area contributed by atoms with Crippen LogP contribution < -0.4 is 4.74 Å². The Kier molecular flexibility index (Phi) is 9.07. The minimum absolute atomic E-state index is 0.0518. The minimum atomic E-state index is -0.505. The number of benzene rings is 2. The number of aryl methyl sites for hydroxylation is 1. The molecule has 1 fully saturated rings. The molecular formula is C29H39N3O4S. The number of hydrogen-bond donors (Lipinski definition) is 1. The molecule has 3 unspecified atom stereocenters. The predicted octanol–water partition coefficient (Wildman–Crippen LogP) is 4.07. The number of methoxy groups -OCH3 is 1. The van der Waals surface area contributed by atoms with Gasteiger partial charge < -0.3 is 24.2 Å². The molecule has 0 saturated carbocycles. The molecule has 1 aliphatic carbocycles. The van der Waals surface area contributed by atoms with Crippen LogP contribution in [0.2, 0.25) is 0 Å². The molecular weight excluding hydrogens is 486 g/mol. The topological polar surface area (TPSA) is 67.3 Å². The van der Waals surface area contributed by atoms with Crippen molar-refractivity contribution in [2.75, 3.05) is 59.6 Å². The summed E-state index contributed by atoms with van der Waals surface area (Å²) >= 11 is 1.68. The molecule has 2 heterocycles. The van der Waals surface area contributed by atoms with E-state index >= 15 is 0 Å². The molecule has 1 saturated heterocycles. The molecule has 2 aromatic carbocycles. The highest BCUT2D eigenvalue weighted by Crippen LogP contribution is 2.35. The maximum Gasteiger partial charge on any atom is 0.121 e. The Morgan fingerprint density at radius 3 is 2.73 bits per heavy atom. The van der Waals surface area contributed by atoms with Crippen LogP contribution in [0.5, 0.6) is 5.75 Å². The molecule has 1 N–H and O–H groups in total. The number of aliphatic hydroxyl groups excluding tert-OH is 1. The summed E-state index contributed by atoms with van der Waals surface area (Å²) in [6.07, 6.45) is 2.81. The van der Waals surface area contributed by atoms with E-state index < -0.39 is 6.10 Å². The van der Waals surface area contributed by atoms with Crippen LogP contribution in [0.25, 0.3) is 10.2 Å². The largest absolute Gasteiger partial charge is 0.491 e. The first kappa shape index (κ1) is 26.5. The number of unbranched alkanes of at least 4 members (excludes halogenated alkanes) is 1. The molecule has 37 heavy (non-hydrogen) atoms. The van der Waals surface area contributed by atoms with Gasteiger partial charge in [-0.25, -0.2) is 4.98 Å². The van der Waals surface area contributed by atoms with E-state index in [2.05, 4.69) is 39.0 Å². The van der Waals surface area contributed by atoms with Gasteiger partial charge in [0.15, 0.2) is 0 Å². The molecule has 0 spiro atoms. The van der Waals surface area contributed by atoms with Gasteiger partial charge >= 0.3 is 0 Å². The van der Waals surface area contributed by atoms with Crippen molar-refractivity contribution >= 4 is 21.6 Å². The molecule has 0 amide bonds. The van der Waals surface area contributed by atoms with Crippen LogP contribution in [-0.4, -0.2) is 91.7 Å². The summed E-state index contributed by atoms with van der Waals surface area (Å²) in [5.41, 5.74) is 3.58. The Hall–Kier alpha value is -2.07. The molecule has 200 valence electrons. The molecule has 8 heteroatoms. The number of hydrogen-bond acceptors (Lipinski definition) is 8. The SMILES string of the molecule is COC1c2ccccc2CC1OCCCCN1CCN(CC(O)COc2ccc3sc(C)nc3c2)CC1. The van der Waals surface area contributed by atoms with Gasteiger partial charge in [0.2, 0.25) is 0 Å². The first-order valence-corrected chi connectivity index (χ1v) is 14.3. The van der Waals surface area contributed by atoms with Gasteiger partial charge in [-0.3, -0.25) is 4.90 Å². The Balaban J connectivity index is 0.939. The van der Waals surface area contributed by atoms with Crippen LogP contribution in [0, 0.1) is 6.92 Å². The number of nitrogens with zero attached hydrogens (tertiary/aromatic N) is 3. The summed E-state index contributed by atoms with van der Waals surface area (Å²) in [7, 11) is 1.78. The maximum atomic E-state index is 10.5. The Morgan fingerprint density at radius 2 is 1.89 bits per heavy atom. The lowest BCUT2D eigenvalue weighted by Gasteiger charge is -2.35. The van der Waals surface area contributed by atoms with E-state index in [1.165, 1.54) is 11.1 Å². The van der Waals surface area contributed by atoms with E-state index in [9.17, 15) is 5.11 Å². The summed E-state index contributed by atoms with van der Waals surface area (Å²) < 4.78 is 19.0. The summed E-state index contributed by atoms with van der Waals surface area (Å²) in [4.78, 5) is 9.37. The van der Waals surface area contributed by atoms with Crippen LogP contribution in [0.4, 0.5) is 0 Å². The van der Waals surface area contributed by atoms with Crippen LogP contribution in [0.15, 0.2) is 42.5 Å². The summed E-state index contributed by atoms with van der Waals surface area (Å²) in [5, 5.41) is 11.6. The average molecular weight is 526 g/mol. The number of piperazine rings is 1. The Morgan fingerprint density at radius 1 is 1.08 bits per heavy atom. The van der Waals surface area contributed by atoms with E-state index in [1.54, 1.807) is 18.4 Å². The van der Waals surface area contributed by atoms with Crippen molar-refractivity contribution in [3.8, 4) is 5.75 Å². The van der Waals surface area contributed by atoms with Gasteiger partial charge in [0.1, 0.15) is 24.6 Å². The zero-order valence-corrected chi connectivity index (χ0v) is 22.8. The highest BCUT2D eigenvalue weighted by atomic mass is 32.1. The molecule has 5 rings (SSSR count). The second-order valence-corrected chi connectivity index (χ2v) is 11.4. The fraction of sp³-hybridized carbons (Fsp3) is 0.552. The minimum Gasteiger partial charge on any atom is -0.491 e. The zero-order valence-electron chi connectivity index (χ0n) is 22.0. The first-order chi connectivity index (χ1) is 18.1. The Bertz CT molecular complexity index is 1150. The third-order valence-electron chi connectivity index (χ3n) is 7.42. The van der Waals surface area contributed by atoms with Crippen molar-refractivity contribution in [2.45, 2.75) is 44.5 Å². The lowest BCUT2D eigenvalue weighted by molar-refractivity contribution is -0.0490. The van der Waals surface area contributed by atoms with Gasteiger partial charge in [-0.15, -0.1) is 11.3 Å². The van der Waals surface area contributed by atoms with Gasteiger partial charge in [-0.2, -0.15) is 0 Å². The van der Waals surface area contributed by atoms with Crippen molar-refractivity contribution in [1.82, 2.24) is 14.8 Å². The van der Waals surface area contributed by atoms with Crippen LogP contribution >= 0.6 is 11.3 Å². The van der Waals surface area contributed by atoms with Crippen LogP contribution in [0.3, 0.4) is 0 Å². The smallest absolute Gasteiger partial charge is 0.121 e. The monoisotopic (exact) mass is 525 g/mol. The van der Waals surface area contributed by atoms with Crippen LogP contribution in [0.1, 0.15) is 35.1 Å². The number of thiazole rings is 1. The third kappa shape index (κ3) is 6.88. The van der Waals surface area contributed by atoms with E-state index in [0.29, 0.717) is 13.2 Å². The van der Waals surface area contributed by atoms with Gasteiger partial charge in [-0.1, -0.05) is 24.3 Å². The van der Waals surface area contributed by atoms with E-state index in [4.69, 9.17) is 14.2 Å². The number of rotatable bonds is 12. The maximum absolute atomic E-state index is 10.5. The van der Waals surface area contributed by atoms with Crippen molar-refractivity contribution in [1.29, 1.82) is 0 Å². The number of aliphatic hydroxyl groups is 1. The number of fused-ring (bicyclic) bond motifs is 2. The van der Waals surface area contributed by atoms with Gasteiger partial charge in [0.05, 0.1) is 21.3 Å². The lowest BCUT2D eigenvalue weighted by Crippen LogP contribution is -2.49. The Labute approximate surface area is 224 Å². The van der Waals surface area contributed by atoms with Crippen molar-refractivity contribution in [2.24, 2.45) is 0 Å². The van der Waals surface area contributed by atoms with Gasteiger partial charge in [0.25, 0.3) is 0 Å². The predicted molar refractivity (Wildman–Crippen MR) is 148 cm³/mol. The van der Waals surface area contributed by atoms with Gasteiger partial charge in [0, 0.05) is 58.9 Å². The second kappa shape index (κ2) is 12.7. The summed E-state index contributed by atoms with van der Waals surface area (Å²) in [5.74, 6) is 0.765. The third-order valence-corrected chi connectivity index (χ3v) is 8.37. The quantitative estimate of drug-likeness (QED) is 0.358. The molecule has 0 radical (unpaired) electrons. The van der Waals surface area contributed by atoms with Crippen molar-refractivity contribution in [3.05, 3.63) is 58.6 Å². The summed E-state index contributed by atoms with van der Waals surface area (Å²) in [6, 6.07) is 14.5. The first-order valence-electron chi connectivity index (χ1n) is 13.4. The fourth-order valence-corrected chi connectivity index (χ4v) is 6.28. The molecule has 3 aromatic rings. The number of aromatic nitrogens is 1. The number of ether oxygens (including phenoxy) is 3. The number of β-amino-alcohol motifs (C(OH)–C–C–N with tert-alkyl or cyclic N) is 1. The van der Waals surface area contributed by atoms with E-state index in [1.807, 2.05) is 25.1 Å². The second-order valence-electron chi connectivity index (χ2n) is 10.1. The zero-order chi connectivity index (χ0) is 25.6. The normalized spacial score (nSPS) is 21.4. The fourth-order valence-electron chi connectivity index (χ4n) is 5.47. The highest BCUT2D eigenvalue weighted by Gasteiger charge is 2.32. The molecule has 1 aromatic heterocycles. The van der Waals surface area contributed by atoms with Crippen molar-refractivity contribution < 1.29 is 19.3 Å². The molecule has 0 bridgehead atoms. The molecule has 7 nitrogen and oxygen atoms in total. The standard InChI is InChI=1S/C29H39N3O4S/c1-21-30-26-18-24(9-10-28(26)37-21)36-20-23(33)19-32-14-12-31(13-15-32)11-5-6-16-35-27-17-22-7-3-4-8-25(22)29(27)34-2/h3-4,7-10,18,23,27,29,33H,5-6,11-17,19-20H2,1-2H3. The van der Waals surface area contributed by atoms with E-state index in [-0.39, 0.29) is 12.2 Å².